The first-order chi connectivity index (χ1) is 22.1. The van der Waals surface area contributed by atoms with E-state index in [1.807, 2.05) is 78.9 Å². The van der Waals surface area contributed by atoms with Crippen molar-refractivity contribution in [1.29, 1.82) is 0 Å². The Balaban J connectivity index is 1.44. The summed E-state index contributed by atoms with van der Waals surface area (Å²) < 4.78 is 71.5. The van der Waals surface area contributed by atoms with E-state index in [0.717, 1.165) is 22.9 Å². The van der Waals surface area contributed by atoms with Crippen molar-refractivity contribution in [3.05, 3.63) is 108 Å². The molecule has 0 bridgehead atoms. The number of hydrogen-bond acceptors (Lipinski definition) is 11. The molecule has 14 heteroatoms. The van der Waals surface area contributed by atoms with Gasteiger partial charge in [-0.3, -0.25) is 8.75 Å². The van der Waals surface area contributed by atoms with E-state index < -0.39 is 40.3 Å². The van der Waals surface area contributed by atoms with Crippen molar-refractivity contribution in [2.24, 2.45) is 0 Å². The Morgan fingerprint density at radius 1 is 0.891 bits per heavy atom. The van der Waals surface area contributed by atoms with Gasteiger partial charge < -0.3 is 24.7 Å². The highest BCUT2D eigenvalue weighted by molar-refractivity contribution is 7.86. The summed E-state index contributed by atoms with van der Waals surface area (Å²) in [5.41, 5.74) is 7.34. The summed E-state index contributed by atoms with van der Waals surface area (Å²) in [6.07, 6.45) is -2.66. The quantitative estimate of drug-likeness (QED) is 0.163. The topological polar surface area (TPSA) is 150 Å². The van der Waals surface area contributed by atoms with Crippen LogP contribution in [0.2, 0.25) is 0 Å². The zero-order valence-corrected chi connectivity index (χ0v) is 26.0. The normalized spacial score (nSPS) is 20.2. The molecular weight excluding hydrogens is 617 g/mol. The average Bonchev–Trinajstić information content (AvgIpc) is 3.63. The van der Waals surface area contributed by atoms with E-state index in [0.29, 0.717) is 11.5 Å². The number of imidazole rings is 1. The number of methoxy groups -OCH3 is 2. The summed E-state index contributed by atoms with van der Waals surface area (Å²) in [5, 5.41) is 0. The average molecular weight is 650 g/mol. The van der Waals surface area contributed by atoms with E-state index in [1.54, 1.807) is 14.2 Å². The standard InChI is InChI=1S/C32H32FN5O7S/c1-41-23-13-9-21(10-14-23)32(20-7-5-4-6-8-20,22-11-15-24(42-2)16-12-22)43-17-25-28(45-46(3,39)40)26(33)31(44-25)38-19-37-27-29(34)35-18-36-30(27)38/h4-16,18-19,25-26,28,31H,17H2,1-3H3,(H2,34,35,36)/t25-,26+,28-,31-/m1/s1. The van der Waals surface area contributed by atoms with E-state index in [1.165, 1.54) is 17.2 Å². The van der Waals surface area contributed by atoms with Crippen molar-refractivity contribution < 1.29 is 35.9 Å². The highest BCUT2D eigenvalue weighted by atomic mass is 32.2. The maximum atomic E-state index is 16.3. The second-order valence-corrected chi connectivity index (χ2v) is 12.3. The largest absolute Gasteiger partial charge is 0.497 e. The van der Waals surface area contributed by atoms with Crippen LogP contribution in [-0.4, -0.2) is 73.4 Å². The molecule has 1 saturated heterocycles. The van der Waals surface area contributed by atoms with E-state index in [9.17, 15) is 8.42 Å². The minimum atomic E-state index is -4.11. The van der Waals surface area contributed by atoms with Crippen molar-refractivity contribution in [2.75, 3.05) is 32.8 Å². The number of fused-ring (bicyclic) bond motifs is 1. The molecule has 2 aromatic heterocycles. The van der Waals surface area contributed by atoms with Gasteiger partial charge in [-0.15, -0.1) is 0 Å². The lowest BCUT2D eigenvalue weighted by Crippen LogP contribution is -2.40. The Hall–Kier alpha value is -4.63. The van der Waals surface area contributed by atoms with Gasteiger partial charge in [-0.05, 0) is 41.0 Å². The van der Waals surface area contributed by atoms with Gasteiger partial charge in [-0.1, -0.05) is 54.6 Å². The van der Waals surface area contributed by atoms with E-state index in [4.69, 9.17) is 28.9 Å². The first-order valence-corrected chi connectivity index (χ1v) is 16.1. The predicted molar refractivity (Wildman–Crippen MR) is 167 cm³/mol. The van der Waals surface area contributed by atoms with Crippen LogP contribution in [0.25, 0.3) is 11.2 Å². The van der Waals surface area contributed by atoms with Crippen LogP contribution < -0.4 is 15.2 Å². The lowest BCUT2D eigenvalue weighted by molar-refractivity contribution is -0.0906. The molecule has 4 atom stereocenters. The third-order valence-corrected chi connectivity index (χ3v) is 8.42. The minimum Gasteiger partial charge on any atom is -0.497 e. The highest BCUT2D eigenvalue weighted by Crippen LogP contribution is 2.44. The summed E-state index contributed by atoms with van der Waals surface area (Å²) in [6, 6.07) is 24.2. The molecule has 0 aliphatic carbocycles. The van der Waals surface area contributed by atoms with Crippen molar-refractivity contribution in [1.82, 2.24) is 19.5 Å². The molecule has 12 nitrogen and oxygen atoms in total. The Bertz CT molecular complexity index is 1860. The zero-order valence-electron chi connectivity index (χ0n) is 25.2. The number of anilines is 1. The van der Waals surface area contributed by atoms with Crippen molar-refractivity contribution in [3.8, 4) is 11.5 Å². The van der Waals surface area contributed by atoms with Crippen molar-refractivity contribution in [3.63, 3.8) is 0 Å². The van der Waals surface area contributed by atoms with E-state index >= 15 is 4.39 Å². The van der Waals surface area contributed by atoms with Crippen molar-refractivity contribution >= 4 is 27.1 Å². The fraction of sp³-hybridized carbons (Fsp3) is 0.281. The monoisotopic (exact) mass is 649 g/mol. The summed E-state index contributed by atoms with van der Waals surface area (Å²) >= 11 is 0. The van der Waals surface area contributed by atoms with Crippen molar-refractivity contribution in [2.45, 2.75) is 30.2 Å². The van der Waals surface area contributed by atoms with Gasteiger partial charge in [0.15, 0.2) is 23.9 Å². The molecule has 0 saturated carbocycles. The molecule has 1 fully saturated rings. The number of ether oxygens (including phenoxy) is 4. The zero-order chi connectivity index (χ0) is 32.5. The number of alkyl halides is 1. The molecule has 3 heterocycles. The smallest absolute Gasteiger partial charge is 0.264 e. The summed E-state index contributed by atoms with van der Waals surface area (Å²) in [6.45, 7) is -0.284. The SMILES string of the molecule is COc1ccc(C(OC[C@H]2O[C@@H](n3cnc4c(N)ncnc43)[C@@H](F)[C@@H]2OS(C)(=O)=O)(c2ccccc2)c2ccc(OC)cc2)cc1. The number of rotatable bonds is 11. The summed E-state index contributed by atoms with van der Waals surface area (Å²) in [7, 11) is -0.963. The molecule has 0 amide bonds. The van der Waals surface area contributed by atoms with Gasteiger partial charge >= 0.3 is 0 Å². The van der Waals surface area contributed by atoms with Crippen LogP contribution in [0.5, 0.6) is 11.5 Å². The molecule has 5 aromatic rings. The Morgan fingerprint density at radius 2 is 1.48 bits per heavy atom. The summed E-state index contributed by atoms with van der Waals surface area (Å²) in [4.78, 5) is 12.3. The maximum absolute atomic E-state index is 16.3. The van der Waals surface area contributed by atoms with Crippen LogP contribution in [0.4, 0.5) is 10.2 Å². The maximum Gasteiger partial charge on any atom is 0.264 e. The molecule has 240 valence electrons. The third kappa shape index (κ3) is 5.87. The number of halogens is 1. The molecule has 2 N–H and O–H groups in total. The Labute approximate surface area is 265 Å². The van der Waals surface area contributed by atoms with E-state index in [2.05, 4.69) is 15.0 Å². The minimum absolute atomic E-state index is 0.104. The highest BCUT2D eigenvalue weighted by Gasteiger charge is 2.51. The Morgan fingerprint density at radius 3 is 2.04 bits per heavy atom. The lowest BCUT2D eigenvalue weighted by Gasteiger charge is -2.37. The van der Waals surface area contributed by atoms with Crippen LogP contribution in [0.3, 0.4) is 0 Å². The van der Waals surface area contributed by atoms with Crippen LogP contribution in [-0.2, 0) is 29.4 Å². The number of hydrogen-bond donors (Lipinski definition) is 1. The number of aromatic nitrogens is 4. The van der Waals surface area contributed by atoms with Gasteiger partial charge in [0.25, 0.3) is 10.1 Å². The molecule has 46 heavy (non-hydrogen) atoms. The second-order valence-electron chi connectivity index (χ2n) is 10.7. The number of nitrogens with two attached hydrogens (primary N) is 1. The number of benzene rings is 3. The van der Waals surface area contributed by atoms with Gasteiger partial charge in [0.2, 0.25) is 0 Å². The molecule has 6 rings (SSSR count). The molecule has 0 radical (unpaired) electrons. The van der Waals surface area contributed by atoms with Crippen LogP contribution in [0.15, 0.2) is 91.5 Å². The molecule has 0 spiro atoms. The molecular formula is C32H32FN5O7S. The Kier molecular flexibility index (Phi) is 8.61. The van der Waals surface area contributed by atoms with Crippen LogP contribution >= 0.6 is 0 Å². The van der Waals surface area contributed by atoms with E-state index in [-0.39, 0.29) is 23.6 Å². The number of nitrogen functional groups attached to an aromatic ring is 1. The van der Waals surface area contributed by atoms with Gasteiger partial charge in [0.1, 0.15) is 41.2 Å². The lowest BCUT2D eigenvalue weighted by atomic mass is 9.80. The van der Waals surface area contributed by atoms with Gasteiger partial charge in [0, 0.05) is 0 Å². The number of nitrogens with zero attached hydrogens (tertiary/aromatic N) is 4. The molecule has 1 aliphatic heterocycles. The predicted octanol–water partition coefficient (Wildman–Crippen LogP) is 4.01. The first-order valence-electron chi connectivity index (χ1n) is 14.2. The summed E-state index contributed by atoms with van der Waals surface area (Å²) in [5.74, 6) is 1.38. The first kappa shape index (κ1) is 31.4. The molecule has 1 aliphatic rings. The van der Waals surface area contributed by atoms with Crippen LogP contribution in [0.1, 0.15) is 22.9 Å². The van der Waals surface area contributed by atoms with Crippen LogP contribution in [0, 0.1) is 0 Å². The molecule has 0 unspecified atom stereocenters. The fourth-order valence-corrected chi connectivity index (χ4v) is 6.34. The van der Waals surface area contributed by atoms with Gasteiger partial charge in [-0.25, -0.2) is 19.3 Å². The fourth-order valence-electron chi connectivity index (χ4n) is 5.71. The molecule has 3 aromatic carbocycles. The second kappa shape index (κ2) is 12.6. The third-order valence-electron chi connectivity index (χ3n) is 7.85. The van der Waals surface area contributed by atoms with Gasteiger partial charge in [0.05, 0.1) is 33.4 Å². The van der Waals surface area contributed by atoms with Gasteiger partial charge in [-0.2, -0.15) is 8.42 Å².